The third-order valence-electron chi connectivity index (χ3n) is 2.88. The van der Waals surface area contributed by atoms with Gasteiger partial charge < -0.3 is 10.6 Å². The van der Waals surface area contributed by atoms with E-state index in [4.69, 9.17) is 0 Å². The Labute approximate surface area is 130 Å². The molecule has 2 aromatic rings. The van der Waals surface area contributed by atoms with Crippen LogP contribution in [0.5, 0.6) is 0 Å². The van der Waals surface area contributed by atoms with Crippen LogP contribution in [0, 0.1) is 18.6 Å². The van der Waals surface area contributed by atoms with E-state index in [2.05, 4.69) is 36.5 Å². The van der Waals surface area contributed by atoms with E-state index in [0.717, 1.165) is 13.0 Å². The van der Waals surface area contributed by atoms with Gasteiger partial charge in [-0.1, -0.05) is 22.9 Å². The molecule has 4 nitrogen and oxygen atoms in total. The first-order chi connectivity index (χ1) is 10.0. The molecule has 0 saturated carbocycles. The lowest BCUT2D eigenvalue weighted by Crippen LogP contribution is -2.08. The summed E-state index contributed by atoms with van der Waals surface area (Å²) in [7, 11) is 0. The van der Waals surface area contributed by atoms with Crippen LogP contribution < -0.4 is 10.6 Å². The summed E-state index contributed by atoms with van der Waals surface area (Å²) in [6, 6.07) is 2.39. The van der Waals surface area contributed by atoms with Gasteiger partial charge in [-0.3, -0.25) is 0 Å². The number of aromatic nitrogens is 2. The van der Waals surface area contributed by atoms with Gasteiger partial charge in [-0.2, -0.15) is 0 Å². The standard InChI is InChI=1S/C14H15BrF2N4/c1-3-4-18-13-8(2)14(20-7-19-13)21-12-10(16)5-9(15)6-11(12)17/h5-7H,3-4H2,1-2H3,(H2,18,19,20,21). The zero-order valence-corrected chi connectivity index (χ0v) is 13.3. The average Bonchev–Trinajstić information content (AvgIpc) is 2.43. The molecule has 0 atom stereocenters. The Kier molecular flexibility index (Phi) is 5.06. The summed E-state index contributed by atoms with van der Waals surface area (Å²) in [4.78, 5) is 8.16. The predicted molar refractivity (Wildman–Crippen MR) is 82.9 cm³/mol. The number of anilines is 3. The average molecular weight is 357 g/mol. The van der Waals surface area contributed by atoms with Gasteiger partial charge in [0.2, 0.25) is 0 Å². The molecule has 2 rings (SSSR count). The Hall–Kier alpha value is -1.76. The highest BCUT2D eigenvalue weighted by atomic mass is 79.9. The third kappa shape index (κ3) is 3.66. The van der Waals surface area contributed by atoms with E-state index in [1.807, 2.05) is 6.92 Å². The molecule has 112 valence electrons. The Morgan fingerprint density at radius 2 is 1.76 bits per heavy atom. The number of nitrogens with one attached hydrogen (secondary N) is 2. The van der Waals surface area contributed by atoms with Crippen LogP contribution >= 0.6 is 15.9 Å². The van der Waals surface area contributed by atoms with Crippen molar-refractivity contribution in [1.29, 1.82) is 0 Å². The molecule has 0 saturated heterocycles. The van der Waals surface area contributed by atoms with Crippen molar-refractivity contribution in [3.8, 4) is 0 Å². The lowest BCUT2D eigenvalue weighted by atomic mass is 10.2. The van der Waals surface area contributed by atoms with E-state index < -0.39 is 11.6 Å². The monoisotopic (exact) mass is 356 g/mol. The molecule has 0 aliphatic rings. The fourth-order valence-corrected chi connectivity index (χ4v) is 2.18. The maximum atomic E-state index is 13.8. The van der Waals surface area contributed by atoms with E-state index in [1.165, 1.54) is 18.5 Å². The highest BCUT2D eigenvalue weighted by Gasteiger charge is 2.14. The molecule has 1 aromatic heterocycles. The molecule has 1 heterocycles. The highest BCUT2D eigenvalue weighted by Crippen LogP contribution is 2.28. The minimum atomic E-state index is -0.692. The summed E-state index contributed by atoms with van der Waals surface area (Å²) in [5, 5.41) is 5.83. The second-order valence-electron chi connectivity index (χ2n) is 4.49. The lowest BCUT2D eigenvalue weighted by molar-refractivity contribution is 0.589. The smallest absolute Gasteiger partial charge is 0.150 e. The van der Waals surface area contributed by atoms with Gasteiger partial charge in [0.1, 0.15) is 23.7 Å². The van der Waals surface area contributed by atoms with Crippen LogP contribution in [0.4, 0.5) is 26.1 Å². The quantitative estimate of drug-likeness (QED) is 0.833. The van der Waals surface area contributed by atoms with Crippen molar-refractivity contribution in [2.45, 2.75) is 20.3 Å². The summed E-state index contributed by atoms with van der Waals surface area (Å²) in [5.41, 5.74) is 0.467. The van der Waals surface area contributed by atoms with Crippen molar-refractivity contribution < 1.29 is 8.78 Å². The summed E-state index contributed by atoms with van der Waals surface area (Å²) >= 11 is 3.04. The maximum Gasteiger partial charge on any atom is 0.150 e. The van der Waals surface area contributed by atoms with Crippen molar-refractivity contribution in [2.24, 2.45) is 0 Å². The van der Waals surface area contributed by atoms with Gasteiger partial charge in [-0.15, -0.1) is 0 Å². The predicted octanol–water partition coefficient (Wildman–Crippen LogP) is 4.39. The van der Waals surface area contributed by atoms with Crippen LogP contribution in [0.2, 0.25) is 0 Å². The molecule has 0 spiro atoms. The molecule has 0 amide bonds. The number of hydrogen-bond acceptors (Lipinski definition) is 4. The van der Waals surface area contributed by atoms with Crippen LogP contribution in [0.25, 0.3) is 0 Å². The summed E-state index contributed by atoms with van der Waals surface area (Å²) in [6.07, 6.45) is 2.30. The Morgan fingerprint density at radius 3 is 2.38 bits per heavy atom. The lowest BCUT2D eigenvalue weighted by Gasteiger charge is -2.13. The zero-order chi connectivity index (χ0) is 15.4. The normalized spacial score (nSPS) is 10.5. The molecule has 0 bridgehead atoms. The molecular weight excluding hydrogens is 342 g/mol. The zero-order valence-electron chi connectivity index (χ0n) is 11.7. The molecule has 2 N–H and O–H groups in total. The minimum absolute atomic E-state index is 0.235. The van der Waals surface area contributed by atoms with Crippen LogP contribution in [0.3, 0.4) is 0 Å². The topological polar surface area (TPSA) is 49.8 Å². The van der Waals surface area contributed by atoms with Gasteiger partial charge in [-0.05, 0) is 25.5 Å². The van der Waals surface area contributed by atoms with E-state index in [0.29, 0.717) is 21.7 Å². The first kappa shape index (κ1) is 15.6. The first-order valence-electron chi connectivity index (χ1n) is 6.50. The summed E-state index contributed by atoms with van der Waals surface area (Å²) in [6.45, 7) is 4.59. The number of hydrogen-bond donors (Lipinski definition) is 2. The maximum absolute atomic E-state index is 13.8. The SMILES string of the molecule is CCCNc1ncnc(Nc2c(F)cc(Br)cc2F)c1C. The molecule has 0 radical (unpaired) electrons. The van der Waals surface area contributed by atoms with Gasteiger partial charge in [0.05, 0.1) is 0 Å². The van der Waals surface area contributed by atoms with E-state index in [9.17, 15) is 8.78 Å². The fraction of sp³-hybridized carbons (Fsp3) is 0.286. The van der Waals surface area contributed by atoms with Crippen molar-refractivity contribution in [1.82, 2.24) is 9.97 Å². The Bertz CT molecular complexity index is 626. The molecular formula is C14H15BrF2N4. The molecule has 0 aliphatic heterocycles. The second kappa shape index (κ2) is 6.80. The van der Waals surface area contributed by atoms with Crippen molar-refractivity contribution >= 4 is 33.3 Å². The highest BCUT2D eigenvalue weighted by molar-refractivity contribution is 9.10. The molecule has 0 unspecified atom stereocenters. The van der Waals surface area contributed by atoms with Crippen molar-refractivity contribution in [3.63, 3.8) is 0 Å². The van der Waals surface area contributed by atoms with E-state index in [1.54, 1.807) is 6.92 Å². The van der Waals surface area contributed by atoms with Crippen LogP contribution in [-0.2, 0) is 0 Å². The number of halogens is 3. The Balaban J connectivity index is 2.32. The van der Waals surface area contributed by atoms with Gasteiger partial charge in [0.25, 0.3) is 0 Å². The van der Waals surface area contributed by atoms with Crippen LogP contribution in [0.15, 0.2) is 22.9 Å². The van der Waals surface area contributed by atoms with Gasteiger partial charge >= 0.3 is 0 Å². The number of rotatable bonds is 5. The van der Waals surface area contributed by atoms with E-state index >= 15 is 0 Å². The fourth-order valence-electron chi connectivity index (χ4n) is 1.78. The minimum Gasteiger partial charge on any atom is -0.370 e. The third-order valence-corrected chi connectivity index (χ3v) is 3.33. The molecule has 21 heavy (non-hydrogen) atoms. The van der Waals surface area contributed by atoms with Gasteiger partial charge in [0, 0.05) is 16.6 Å². The summed E-state index contributed by atoms with van der Waals surface area (Å²) in [5.74, 6) is -0.373. The summed E-state index contributed by atoms with van der Waals surface area (Å²) < 4.78 is 28.0. The number of nitrogens with zero attached hydrogens (tertiary/aromatic N) is 2. The Morgan fingerprint density at radius 1 is 1.14 bits per heavy atom. The molecule has 0 aliphatic carbocycles. The molecule has 1 aromatic carbocycles. The van der Waals surface area contributed by atoms with Crippen LogP contribution in [-0.4, -0.2) is 16.5 Å². The second-order valence-corrected chi connectivity index (χ2v) is 5.41. The van der Waals surface area contributed by atoms with Gasteiger partial charge in [-0.25, -0.2) is 18.7 Å². The van der Waals surface area contributed by atoms with E-state index in [-0.39, 0.29) is 5.69 Å². The number of benzene rings is 1. The van der Waals surface area contributed by atoms with Crippen molar-refractivity contribution in [2.75, 3.05) is 17.2 Å². The van der Waals surface area contributed by atoms with Crippen molar-refractivity contribution in [3.05, 3.63) is 40.1 Å². The largest absolute Gasteiger partial charge is 0.370 e. The molecule has 0 fully saturated rings. The molecule has 7 heteroatoms. The first-order valence-corrected chi connectivity index (χ1v) is 7.29. The van der Waals surface area contributed by atoms with Gasteiger partial charge in [0.15, 0.2) is 11.6 Å². The van der Waals surface area contributed by atoms with Crippen LogP contribution in [0.1, 0.15) is 18.9 Å².